The lowest BCUT2D eigenvalue weighted by atomic mass is 9.65. The van der Waals surface area contributed by atoms with Gasteiger partial charge in [0.2, 0.25) is 17.7 Å². The van der Waals surface area contributed by atoms with Crippen molar-refractivity contribution in [3.8, 4) is 0 Å². The SMILES string of the molecule is CC1C[C@H]2SC13C(C(=O)NC(C)(C)C)N(CCCCO)C(=O)[C@@H]3[C@H]2C(=O)NCc1ccccc1. The zero-order valence-electron chi connectivity index (χ0n) is 20.5. The summed E-state index contributed by atoms with van der Waals surface area (Å²) >= 11 is 1.69. The minimum absolute atomic E-state index is 0.0317. The van der Waals surface area contributed by atoms with Crippen LogP contribution < -0.4 is 10.6 Å². The van der Waals surface area contributed by atoms with E-state index in [0.29, 0.717) is 25.9 Å². The fourth-order valence-corrected chi connectivity index (χ4v) is 8.52. The van der Waals surface area contributed by atoms with Gasteiger partial charge in [0.15, 0.2) is 0 Å². The number of aliphatic hydroxyl groups excluding tert-OH is 1. The number of aliphatic hydroxyl groups is 1. The molecule has 186 valence electrons. The van der Waals surface area contributed by atoms with Gasteiger partial charge in [-0.1, -0.05) is 37.3 Å². The molecule has 1 aromatic rings. The van der Waals surface area contributed by atoms with Crippen LogP contribution in [0, 0.1) is 17.8 Å². The van der Waals surface area contributed by atoms with E-state index in [1.807, 2.05) is 51.1 Å². The van der Waals surface area contributed by atoms with E-state index in [4.69, 9.17) is 0 Å². The van der Waals surface area contributed by atoms with E-state index in [1.165, 1.54) is 0 Å². The van der Waals surface area contributed by atoms with Gasteiger partial charge in [-0.25, -0.2) is 0 Å². The van der Waals surface area contributed by atoms with Crippen LogP contribution in [0.3, 0.4) is 0 Å². The molecule has 0 aromatic heterocycles. The number of unbranched alkanes of at least 4 members (excludes halogenated alkanes) is 1. The molecule has 7 nitrogen and oxygen atoms in total. The summed E-state index contributed by atoms with van der Waals surface area (Å²) in [5, 5.41) is 15.5. The smallest absolute Gasteiger partial charge is 0.244 e. The monoisotopic (exact) mass is 487 g/mol. The van der Waals surface area contributed by atoms with Crippen molar-refractivity contribution in [1.29, 1.82) is 0 Å². The Labute approximate surface area is 206 Å². The molecule has 34 heavy (non-hydrogen) atoms. The first-order valence-corrected chi connectivity index (χ1v) is 13.2. The highest BCUT2D eigenvalue weighted by molar-refractivity contribution is 8.02. The molecule has 8 heteroatoms. The molecular weight excluding hydrogens is 450 g/mol. The first-order valence-electron chi connectivity index (χ1n) is 12.3. The number of fused-ring (bicyclic) bond motifs is 1. The molecule has 3 unspecified atom stereocenters. The lowest BCUT2D eigenvalue weighted by molar-refractivity contribution is -0.140. The number of nitrogens with zero attached hydrogens (tertiary/aromatic N) is 1. The molecule has 6 atom stereocenters. The lowest BCUT2D eigenvalue weighted by Gasteiger charge is -2.39. The number of carbonyl (C=O) groups is 3. The minimum atomic E-state index is -0.611. The Kier molecular flexibility index (Phi) is 7.02. The van der Waals surface area contributed by atoms with Crippen LogP contribution in [0.5, 0.6) is 0 Å². The first kappa shape index (κ1) is 25.0. The van der Waals surface area contributed by atoms with Gasteiger partial charge in [-0.05, 0) is 51.5 Å². The maximum Gasteiger partial charge on any atom is 0.244 e. The number of hydrogen-bond acceptors (Lipinski definition) is 5. The number of hydrogen-bond donors (Lipinski definition) is 3. The molecular formula is C26H37N3O4S. The summed E-state index contributed by atoms with van der Waals surface area (Å²) in [6, 6.07) is 9.14. The highest BCUT2D eigenvalue weighted by Crippen LogP contribution is 2.68. The van der Waals surface area contributed by atoms with E-state index in [1.54, 1.807) is 16.7 Å². The van der Waals surface area contributed by atoms with Gasteiger partial charge in [0.05, 0.1) is 16.6 Å². The van der Waals surface area contributed by atoms with Crippen LogP contribution in [0.1, 0.15) is 52.5 Å². The molecule has 4 rings (SSSR count). The molecule has 3 aliphatic heterocycles. The Balaban J connectivity index is 1.63. The van der Waals surface area contributed by atoms with Crippen LogP contribution in [0.2, 0.25) is 0 Å². The molecule has 3 aliphatic rings. The van der Waals surface area contributed by atoms with E-state index >= 15 is 0 Å². The summed E-state index contributed by atoms with van der Waals surface area (Å²) in [7, 11) is 0. The Bertz CT molecular complexity index is 934. The molecule has 3 N–H and O–H groups in total. The molecule has 3 fully saturated rings. The van der Waals surface area contributed by atoms with Gasteiger partial charge in [0.1, 0.15) is 6.04 Å². The number of rotatable bonds is 8. The predicted molar refractivity (Wildman–Crippen MR) is 133 cm³/mol. The third-order valence-electron chi connectivity index (χ3n) is 7.41. The molecule has 3 heterocycles. The number of carbonyl (C=O) groups excluding carboxylic acids is 3. The number of likely N-dealkylation sites (tertiary alicyclic amines) is 1. The van der Waals surface area contributed by atoms with Crippen molar-refractivity contribution < 1.29 is 19.5 Å². The molecule has 0 saturated carbocycles. The van der Waals surface area contributed by atoms with Gasteiger partial charge in [0, 0.05) is 30.5 Å². The molecule has 0 aliphatic carbocycles. The van der Waals surface area contributed by atoms with Crippen molar-refractivity contribution in [2.75, 3.05) is 13.2 Å². The third-order valence-corrected chi connectivity index (χ3v) is 9.49. The van der Waals surface area contributed by atoms with Gasteiger partial charge in [-0.2, -0.15) is 0 Å². The van der Waals surface area contributed by atoms with Gasteiger partial charge < -0.3 is 20.6 Å². The van der Waals surface area contributed by atoms with E-state index in [2.05, 4.69) is 17.6 Å². The van der Waals surface area contributed by atoms with Crippen LogP contribution in [0.15, 0.2) is 30.3 Å². The zero-order valence-corrected chi connectivity index (χ0v) is 21.4. The lowest BCUT2D eigenvalue weighted by Crippen LogP contribution is -2.59. The number of amides is 3. The Morgan fingerprint density at radius 3 is 2.53 bits per heavy atom. The number of thioether (sulfide) groups is 1. The summed E-state index contributed by atoms with van der Waals surface area (Å²) < 4.78 is -0.606. The molecule has 0 radical (unpaired) electrons. The highest BCUT2D eigenvalue weighted by Gasteiger charge is 2.75. The van der Waals surface area contributed by atoms with Gasteiger partial charge in [-0.15, -0.1) is 11.8 Å². The van der Waals surface area contributed by atoms with Crippen molar-refractivity contribution in [3.63, 3.8) is 0 Å². The second-order valence-electron chi connectivity index (χ2n) is 11.0. The first-order chi connectivity index (χ1) is 16.1. The topological polar surface area (TPSA) is 98.7 Å². The standard InChI is InChI=1S/C26H37N3O4S/c1-16-14-18-19(22(31)27-15-17-10-6-5-7-11-17)20-24(33)29(12-8-9-13-30)21(26(16,20)34-18)23(32)28-25(2,3)4/h5-7,10-11,16,18-21,30H,8-9,12-15H2,1-4H3,(H,27,31)(H,28,32)/t16?,18-,19+,20+,21?,26?/m1/s1. The maximum absolute atomic E-state index is 13.9. The number of nitrogens with one attached hydrogen (secondary N) is 2. The van der Waals surface area contributed by atoms with Crippen molar-refractivity contribution in [1.82, 2.24) is 15.5 Å². The maximum atomic E-state index is 13.9. The summed E-state index contributed by atoms with van der Waals surface area (Å²) in [5.74, 6) is -1.13. The molecule has 1 aromatic carbocycles. The van der Waals surface area contributed by atoms with Crippen molar-refractivity contribution >= 4 is 29.5 Å². The van der Waals surface area contributed by atoms with Gasteiger partial charge >= 0.3 is 0 Å². The van der Waals surface area contributed by atoms with Crippen molar-refractivity contribution in [2.24, 2.45) is 17.8 Å². The minimum Gasteiger partial charge on any atom is -0.396 e. The van der Waals surface area contributed by atoms with Crippen LogP contribution >= 0.6 is 11.8 Å². The number of benzene rings is 1. The average molecular weight is 488 g/mol. The average Bonchev–Trinajstić information content (AvgIpc) is 3.36. The Morgan fingerprint density at radius 1 is 1.18 bits per heavy atom. The van der Waals surface area contributed by atoms with Crippen molar-refractivity contribution in [3.05, 3.63) is 35.9 Å². The van der Waals surface area contributed by atoms with E-state index in [-0.39, 0.29) is 35.5 Å². The molecule has 1 spiro atoms. The van der Waals surface area contributed by atoms with E-state index < -0.39 is 28.2 Å². The molecule has 3 saturated heterocycles. The molecule has 3 amide bonds. The normalized spacial score (nSPS) is 32.1. The second kappa shape index (κ2) is 9.53. The summed E-state index contributed by atoms with van der Waals surface area (Å²) in [5.41, 5.74) is 0.586. The summed E-state index contributed by atoms with van der Waals surface area (Å²) in [6.07, 6.45) is 2.01. The van der Waals surface area contributed by atoms with E-state index in [9.17, 15) is 19.5 Å². The van der Waals surface area contributed by atoms with Crippen LogP contribution in [-0.4, -0.2) is 62.5 Å². The largest absolute Gasteiger partial charge is 0.396 e. The summed E-state index contributed by atoms with van der Waals surface area (Å²) in [4.78, 5) is 42.7. The zero-order chi connectivity index (χ0) is 24.7. The van der Waals surface area contributed by atoms with Crippen LogP contribution in [0.25, 0.3) is 0 Å². The van der Waals surface area contributed by atoms with Gasteiger partial charge in [-0.3, -0.25) is 14.4 Å². The quantitative estimate of drug-likeness (QED) is 0.489. The van der Waals surface area contributed by atoms with Crippen LogP contribution in [0.4, 0.5) is 0 Å². The van der Waals surface area contributed by atoms with Crippen molar-refractivity contribution in [2.45, 2.75) is 75.1 Å². The molecule has 2 bridgehead atoms. The van der Waals surface area contributed by atoms with E-state index in [0.717, 1.165) is 12.0 Å². The Hall–Kier alpha value is -2.06. The van der Waals surface area contributed by atoms with Crippen LogP contribution in [-0.2, 0) is 20.9 Å². The fourth-order valence-electron chi connectivity index (χ4n) is 6.09. The van der Waals surface area contributed by atoms with Gasteiger partial charge in [0.25, 0.3) is 0 Å². The summed E-state index contributed by atoms with van der Waals surface area (Å²) in [6.45, 7) is 8.83. The Morgan fingerprint density at radius 2 is 1.88 bits per heavy atom. The fraction of sp³-hybridized carbons (Fsp3) is 0.654. The second-order valence-corrected chi connectivity index (χ2v) is 12.5. The third kappa shape index (κ3) is 4.35. The predicted octanol–water partition coefficient (Wildman–Crippen LogP) is 2.33. The highest BCUT2D eigenvalue weighted by atomic mass is 32.2.